The lowest BCUT2D eigenvalue weighted by Crippen LogP contribution is -2.23. The van der Waals surface area contributed by atoms with E-state index < -0.39 is 0 Å². The van der Waals surface area contributed by atoms with Crippen molar-refractivity contribution in [1.29, 1.82) is 0 Å². The largest absolute Gasteiger partial charge is 0.480 e. The number of hydrogen-bond donors (Lipinski definition) is 0. The third kappa shape index (κ3) is 3.67. The number of rotatable bonds is 7. The zero-order valence-electron chi connectivity index (χ0n) is 11.8. The van der Waals surface area contributed by atoms with Gasteiger partial charge in [-0.1, -0.05) is 40.0 Å². The molecule has 1 rings (SSSR count). The van der Waals surface area contributed by atoms with Crippen LogP contribution >= 0.6 is 15.9 Å². The molecule has 1 unspecified atom stereocenters. The zero-order valence-corrected chi connectivity index (χ0v) is 13.4. The minimum absolute atomic E-state index is 0.0906. The van der Waals surface area contributed by atoms with E-state index in [1.807, 2.05) is 6.07 Å². The molecular weight excluding hydrogens is 292 g/mol. The Morgan fingerprint density at radius 2 is 2.00 bits per heavy atom. The molecule has 1 aromatic heterocycles. The summed E-state index contributed by atoms with van der Waals surface area (Å²) in [6, 6.07) is 1.90. The van der Waals surface area contributed by atoms with Crippen LogP contribution in [0.25, 0.3) is 0 Å². The summed E-state index contributed by atoms with van der Waals surface area (Å²) in [5.74, 6) is 0.553. The summed E-state index contributed by atoms with van der Waals surface area (Å²) in [6.45, 7) is 6.71. The predicted octanol–water partition coefficient (Wildman–Crippen LogP) is 4.50. The van der Waals surface area contributed by atoms with Crippen molar-refractivity contribution in [2.24, 2.45) is 0 Å². The van der Waals surface area contributed by atoms with Crippen molar-refractivity contribution in [2.45, 2.75) is 58.3 Å². The Labute approximate surface area is 118 Å². The molecule has 3 nitrogen and oxygen atoms in total. The standard InChI is InChI=1S/C14H23BrN2O/c1-5-7-8-9-14(3,6-2)13-11(15)10-12(18-4)16-17-13/h10H,5-9H2,1-4H3. The van der Waals surface area contributed by atoms with Crippen LogP contribution in [0.1, 0.15) is 58.6 Å². The molecule has 1 heterocycles. The summed E-state index contributed by atoms with van der Waals surface area (Å²) in [7, 11) is 1.61. The van der Waals surface area contributed by atoms with Gasteiger partial charge in [0.1, 0.15) is 0 Å². The Morgan fingerprint density at radius 3 is 2.50 bits per heavy atom. The van der Waals surface area contributed by atoms with E-state index in [9.17, 15) is 0 Å². The van der Waals surface area contributed by atoms with Crippen molar-refractivity contribution in [1.82, 2.24) is 10.2 Å². The monoisotopic (exact) mass is 314 g/mol. The normalized spacial score (nSPS) is 14.3. The van der Waals surface area contributed by atoms with Gasteiger partial charge in [-0.25, -0.2) is 0 Å². The molecule has 0 saturated heterocycles. The summed E-state index contributed by atoms with van der Waals surface area (Å²) in [5.41, 5.74) is 1.13. The maximum Gasteiger partial charge on any atom is 0.234 e. The predicted molar refractivity (Wildman–Crippen MR) is 78.1 cm³/mol. The van der Waals surface area contributed by atoms with Crippen molar-refractivity contribution in [3.8, 4) is 5.88 Å². The minimum atomic E-state index is 0.0906. The molecule has 18 heavy (non-hydrogen) atoms. The highest BCUT2D eigenvalue weighted by Gasteiger charge is 2.28. The summed E-state index contributed by atoms with van der Waals surface area (Å²) in [4.78, 5) is 0. The lowest BCUT2D eigenvalue weighted by molar-refractivity contribution is 0.366. The SMILES string of the molecule is CCCCCC(C)(CC)c1nnc(OC)cc1Br. The first-order valence-electron chi connectivity index (χ1n) is 6.65. The average Bonchev–Trinajstić information content (AvgIpc) is 2.38. The van der Waals surface area contributed by atoms with Crippen LogP contribution in [0.15, 0.2) is 10.5 Å². The average molecular weight is 315 g/mol. The van der Waals surface area contributed by atoms with Crippen LogP contribution in [0, 0.1) is 0 Å². The van der Waals surface area contributed by atoms with Gasteiger partial charge in [-0.2, -0.15) is 5.10 Å². The van der Waals surface area contributed by atoms with Gasteiger partial charge in [0, 0.05) is 16.0 Å². The molecule has 0 saturated carbocycles. The molecule has 0 amide bonds. The van der Waals surface area contributed by atoms with Crippen LogP contribution < -0.4 is 4.74 Å². The van der Waals surface area contributed by atoms with Crippen LogP contribution in [0.2, 0.25) is 0 Å². The number of halogens is 1. The number of aromatic nitrogens is 2. The van der Waals surface area contributed by atoms with Gasteiger partial charge in [-0.15, -0.1) is 5.10 Å². The molecule has 4 heteroatoms. The number of hydrogen-bond acceptors (Lipinski definition) is 3. The lowest BCUT2D eigenvalue weighted by Gasteiger charge is -2.28. The van der Waals surface area contributed by atoms with Crippen LogP contribution in [0.5, 0.6) is 5.88 Å². The highest BCUT2D eigenvalue weighted by atomic mass is 79.9. The summed E-state index contributed by atoms with van der Waals surface area (Å²) >= 11 is 3.59. The van der Waals surface area contributed by atoms with E-state index >= 15 is 0 Å². The molecule has 0 fully saturated rings. The Morgan fingerprint density at radius 1 is 1.28 bits per heavy atom. The fourth-order valence-electron chi connectivity index (χ4n) is 2.09. The van der Waals surface area contributed by atoms with Gasteiger partial charge in [0.2, 0.25) is 5.88 Å². The van der Waals surface area contributed by atoms with E-state index in [1.54, 1.807) is 7.11 Å². The van der Waals surface area contributed by atoms with Crippen molar-refractivity contribution < 1.29 is 4.74 Å². The first-order valence-corrected chi connectivity index (χ1v) is 7.44. The molecule has 1 aromatic rings. The molecule has 0 radical (unpaired) electrons. The summed E-state index contributed by atoms with van der Waals surface area (Å²) < 4.78 is 6.09. The molecular formula is C14H23BrN2O. The van der Waals surface area contributed by atoms with E-state index in [-0.39, 0.29) is 5.41 Å². The van der Waals surface area contributed by atoms with Gasteiger partial charge in [0.25, 0.3) is 0 Å². The highest BCUT2D eigenvalue weighted by molar-refractivity contribution is 9.10. The lowest BCUT2D eigenvalue weighted by atomic mass is 9.79. The van der Waals surface area contributed by atoms with Gasteiger partial charge in [0.05, 0.1) is 12.8 Å². The van der Waals surface area contributed by atoms with Crippen molar-refractivity contribution in [3.63, 3.8) is 0 Å². The van der Waals surface area contributed by atoms with Crippen LogP contribution in [0.4, 0.5) is 0 Å². The van der Waals surface area contributed by atoms with Crippen molar-refractivity contribution in [2.75, 3.05) is 7.11 Å². The summed E-state index contributed by atoms with van der Waals surface area (Å²) in [5, 5.41) is 8.45. The molecule has 0 N–H and O–H groups in total. The quantitative estimate of drug-likeness (QED) is 0.695. The van der Waals surface area contributed by atoms with Gasteiger partial charge >= 0.3 is 0 Å². The van der Waals surface area contributed by atoms with Gasteiger partial charge < -0.3 is 4.74 Å². The number of unbranched alkanes of at least 4 members (excludes halogenated alkanes) is 2. The Kier molecular flexibility index (Phi) is 6.06. The third-order valence-corrected chi connectivity index (χ3v) is 4.22. The highest BCUT2D eigenvalue weighted by Crippen LogP contribution is 2.36. The Hall–Kier alpha value is -0.640. The molecule has 0 aliphatic carbocycles. The van der Waals surface area contributed by atoms with Crippen molar-refractivity contribution in [3.05, 3.63) is 16.2 Å². The maximum absolute atomic E-state index is 5.09. The second-order valence-corrected chi connectivity index (χ2v) is 5.81. The zero-order chi connectivity index (χ0) is 13.6. The van der Waals surface area contributed by atoms with Gasteiger partial charge in [-0.3, -0.25) is 0 Å². The topological polar surface area (TPSA) is 35.0 Å². The third-order valence-electron chi connectivity index (χ3n) is 3.62. The van der Waals surface area contributed by atoms with E-state index in [0.717, 1.165) is 23.0 Å². The van der Waals surface area contributed by atoms with Gasteiger partial charge in [0.15, 0.2) is 0 Å². The van der Waals surface area contributed by atoms with E-state index in [0.29, 0.717) is 5.88 Å². The molecule has 0 aliphatic rings. The Balaban J connectivity index is 2.92. The second-order valence-electron chi connectivity index (χ2n) is 4.95. The molecule has 0 aliphatic heterocycles. The smallest absolute Gasteiger partial charge is 0.234 e. The molecule has 102 valence electrons. The molecule has 1 atom stereocenters. The van der Waals surface area contributed by atoms with Crippen LogP contribution in [0.3, 0.4) is 0 Å². The summed E-state index contributed by atoms with van der Waals surface area (Å²) in [6.07, 6.45) is 5.97. The Bertz CT molecular complexity index is 384. The number of methoxy groups -OCH3 is 1. The minimum Gasteiger partial charge on any atom is -0.480 e. The molecule has 0 bridgehead atoms. The molecule has 0 aromatic carbocycles. The van der Waals surface area contributed by atoms with Crippen LogP contribution in [-0.2, 0) is 5.41 Å². The van der Waals surface area contributed by atoms with Crippen LogP contribution in [-0.4, -0.2) is 17.3 Å². The van der Waals surface area contributed by atoms with E-state index in [1.165, 1.54) is 19.3 Å². The fraction of sp³-hybridized carbons (Fsp3) is 0.714. The first-order chi connectivity index (χ1) is 8.57. The first kappa shape index (κ1) is 15.4. The van der Waals surface area contributed by atoms with E-state index in [2.05, 4.69) is 46.9 Å². The second kappa shape index (κ2) is 7.07. The number of nitrogens with zero attached hydrogens (tertiary/aromatic N) is 2. The van der Waals surface area contributed by atoms with Crippen molar-refractivity contribution >= 4 is 15.9 Å². The number of ether oxygens (including phenoxy) is 1. The van der Waals surface area contributed by atoms with E-state index in [4.69, 9.17) is 4.74 Å². The maximum atomic E-state index is 5.09. The van der Waals surface area contributed by atoms with Gasteiger partial charge in [-0.05, 0) is 28.8 Å². The molecule has 0 spiro atoms. The fourth-order valence-corrected chi connectivity index (χ4v) is 2.84.